The van der Waals surface area contributed by atoms with Gasteiger partial charge in [0.15, 0.2) is 0 Å². The fourth-order valence-electron chi connectivity index (χ4n) is 2.51. The van der Waals surface area contributed by atoms with Crippen molar-refractivity contribution in [2.75, 3.05) is 19.5 Å². The standard InChI is InChI=1S/C21H25N3O3/c1-6-10-18(26-4)15(2)16(3)22-21-23-20(25)19(27-5)14-24(21)13-17-11-8-7-9-12-17/h6-12,14H,1,13H2,2-5H3,(H,22,23,25)/b16-15+,18-10+. The van der Waals surface area contributed by atoms with Crippen molar-refractivity contribution >= 4 is 5.95 Å². The lowest BCUT2D eigenvalue weighted by Crippen LogP contribution is -2.20. The van der Waals surface area contributed by atoms with Crippen LogP contribution in [0.5, 0.6) is 5.75 Å². The van der Waals surface area contributed by atoms with Crippen molar-refractivity contribution in [2.24, 2.45) is 0 Å². The van der Waals surface area contributed by atoms with Gasteiger partial charge in [0, 0.05) is 11.3 Å². The first kappa shape index (κ1) is 20.0. The molecule has 6 heteroatoms. The Morgan fingerprint density at radius 3 is 2.56 bits per heavy atom. The normalized spacial score (nSPS) is 12.2. The molecule has 0 aliphatic rings. The van der Waals surface area contributed by atoms with Crippen LogP contribution in [0.4, 0.5) is 5.95 Å². The average Bonchev–Trinajstić information content (AvgIpc) is 2.68. The molecule has 0 saturated heterocycles. The first-order valence-corrected chi connectivity index (χ1v) is 8.51. The van der Waals surface area contributed by atoms with E-state index < -0.39 is 5.56 Å². The van der Waals surface area contributed by atoms with E-state index in [9.17, 15) is 4.79 Å². The molecule has 1 aromatic carbocycles. The third-order valence-corrected chi connectivity index (χ3v) is 4.10. The molecule has 0 saturated carbocycles. The summed E-state index contributed by atoms with van der Waals surface area (Å²) in [5.74, 6) is 1.30. The second-order valence-electron chi connectivity index (χ2n) is 5.90. The Labute approximate surface area is 159 Å². The lowest BCUT2D eigenvalue weighted by molar-refractivity contribution is 0.300. The highest BCUT2D eigenvalue weighted by atomic mass is 16.5. The molecule has 0 bridgehead atoms. The predicted molar refractivity (Wildman–Crippen MR) is 108 cm³/mol. The monoisotopic (exact) mass is 367 g/mol. The maximum Gasteiger partial charge on any atom is 0.316 e. The van der Waals surface area contributed by atoms with Crippen molar-refractivity contribution in [3.63, 3.8) is 0 Å². The highest BCUT2D eigenvalue weighted by molar-refractivity contribution is 5.43. The molecule has 1 N–H and O–H groups in total. The van der Waals surface area contributed by atoms with Gasteiger partial charge in [0.2, 0.25) is 11.7 Å². The fraction of sp³-hybridized carbons (Fsp3) is 0.238. The summed E-state index contributed by atoms with van der Waals surface area (Å²) in [7, 11) is 3.06. The molecule has 142 valence electrons. The van der Waals surface area contributed by atoms with Crippen LogP contribution in [0.15, 0.2) is 77.1 Å². The van der Waals surface area contributed by atoms with E-state index in [4.69, 9.17) is 9.47 Å². The number of allylic oxidation sites excluding steroid dienone is 4. The van der Waals surface area contributed by atoms with Crippen LogP contribution in [0.2, 0.25) is 0 Å². The van der Waals surface area contributed by atoms with E-state index in [0.29, 0.717) is 18.3 Å². The number of hydrogen-bond acceptors (Lipinski definition) is 5. The number of methoxy groups -OCH3 is 2. The van der Waals surface area contributed by atoms with Crippen molar-refractivity contribution in [1.82, 2.24) is 9.55 Å². The molecule has 0 spiro atoms. The zero-order valence-electron chi connectivity index (χ0n) is 16.2. The molecule has 1 heterocycles. The number of benzene rings is 1. The Kier molecular flexibility index (Phi) is 7.00. The third-order valence-electron chi connectivity index (χ3n) is 4.10. The maximum atomic E-state index is 12.2. The summed E-state index contributed by atoms with van der Waals surface area (Å²) < 4.78 is 12.4. The number of rotatable bonds is 8. The molecule has 0 amide bonds. The Balaban J connectivity index is 2.45. The van der Waals surface area contributed by atoms with Gasteiger partial charge in [0.05, 0.1) is 27.0 Å². The van der Waals surface area contributed by atoms with Gasteiger partial charge in [0.1, 0.15) is 5.76 Å². The van der Waals surface area contributed by atoms with E-state index in [1.54, 1.807) is 25.5 Å². The predicted octanol–water partition coefficient (Wildman–Crippen LogP) is 3.72. The van der Waals surface area contributed by atoms with Crippen molar-refractivity contribution in [3.05, 3.63) is 88.2 Å². The smallest absolute Gasteiger partial charge is 0.316 e. The second-order valence-corrected chi connectivity index (χ2v) is 5.90. The van der Waals surface area contributed by atoms with Crippen LogP contribution in [-0.4, -0.2) is 23.8 Å². The van der Waals surface area contributed by atoms with E-state index in [2.05, 4.69) is 16.9 Å². The van der Waals surface area contributed by atoms with Crippen LogP contribution in [0.1, 0.15) is 19.4 Å². The van der Waals surface area contributed by atoms with Crippen molar-refractivity contribution in [1.29, 1.82) is 0 Å². The zero-order chi connectivity index (χ0) is 19.8. The van der Waals surface area contributed by atoms with Crippen LogP contribution in [0.25, 0.3) is 0 Å². The molecule has 1 aromatic heterocycles. The minimum Gasteiger partial charge on any atom is -0.496 e. The number of anilines is 1. The Hall–Kier alpha value is -3.28. The molecular formula is C21H25N3O3. The SMILES string of the molecule is C=C/C=C(OC)\C(C)=C(/C)Nc1nc(=O)c(OC)cn1Cc1ccccc1. The molecular weight excluding hydrogens is 342 g/mol. The van der Waals surface area contributed by atoms with E-state index in [-0.39, 0.29) is 5.75 Å². The summed E-state index contributed by atoms with van der Waals surface area (Å²) in [6.45, 7) is 8.05. The van der Waals surface area contributed by atoms with E-state index in [1.807, 2.05) is 48.7 Å². The van der Waals surface area contributed by atoms with Gasteiger partial charge in [-0.1, -0.05) is 43.0 Å². The molecule has 0 radical (unpaired) electrons. The number of ether oxygens (including phenoxy) is 2. The van der Waals surface area contributed by atoms with Crippen LogP contribution in [-0.2, 0) is 11.3 Å². The lowest BCUT2D eigenvalue weighted by Gasteiger charge is -2.17. The summed E-state index contributed by atoms with van der Waals surface area (Å²) in [6, 6.07) is 9.92. The zero-order valence-corrected chi connectivity index (χ0v) is 16.2. The highest BCUT2D eigenvalue weighted by Crippen LogP contribution is 2.18. The van der Waals surface area contributed by atoms with Crippen LogP contribution >= 0.6 is 0 Å². The summed E-state index contributed by atoms with van der Waals surface area (Å²) in [4.78, 5) is 16.3. The van der Waals surface area contributed by atoms with Gasteiger partial charge >= 0.3 is 5.56 Å². The van der Waals surface area contributed by atoms with Crippen LogP contribution < -0.4 is 15.6 Å². The summed E-state index contributed by atoms with van der Waals surface area (Å²) in [5, 5.41) is 3.22. The lowest BCUT2D eigenvalue weighted by atomic mass is 10.2. The molecule has 0 aliphatic heterocycles. The van der Waals surface area contributed by atoms with Gasteiger partial charge in [-0.15, -0.1) is 0 Å². The van der Waals surface area contributed by atoms with Gasteiger partial charge in [-0.3, -0.25) is 4.79 Å². The third kappa shape index (κ3) is 5.10. The number of hydrogen-bond donors (Lipinski definition) is 1. The fourth-order valence-corrected chi connectivity index (χ4v) is 2.51. The molecule has 0 fully saturated rings. The van der Waals surface area contributed by atoms with Gasteiger partial charge in [0.25, 0.3) is 0 Å². The number of nitrogens with zero attached hydrogens (tertiary/aromatic N) is 2. The quantitative estimate of drug-likeness (QED) is 0.569. The molecule has 27 heavy (non-hydrogen) atoms. The first-order chi connectivity index (χ1) is 13.0. The summed E-state index contributed by atoms with van der Waals surface area (Å²) in [5.41, 5.74) is 2.34. The van der Waals surface area contributed by atoms with Gasteiger partial charge < -0.3 is 19.4 Å². The first-order valence-electron chi connectivity index (χ1n) is 8.51. The van der Waals surface area contributed by atoms with E-state index in [1.165, 1.54) is 7.11 Å². The Bertz CT molecular complexity index is 912. The maximum absolute atomic E-state index is 12.2. The Morgan fingerprint density at radius 1 is 1.26 bits per heavy atom. The van der Waals surface area contributed by atoms with Crippen LogP contribution in [0.3, 0.4) is 0 Å². The average molecular weight is 367 g/mol. The Morgan fingerprint density at radius 2 is 1.96 bits per heavy atom. The summed E-state index contributed by atoms with van der Waals surface area (Å²) >= 11 is 0. The molecule has 0 aliphatic carbocycles. The molecule has 2 rings (SSSR count). The van der Waals surface area contributed by atoms with Crippen LogP contribution in [0, 0.1) is 0 Å². The highest BCUT2D eigenvalue weighted by Gasteiger charge is 2.12. The van der Waals surface area contributed by atoms with Crippen molar-refractivity contribution < 1.29 is 9.47 Å². The summed E-state index contributed by atoms with van der Waals surface area (Å²) in [6.07, 6.45) is 5.09. The van der Waals surface area contributed by atoms with Gasteiger partial charge in [-0.2, -0.15) is 4.98 Å². The largest absolute Gasteiger partial charge is 0.496 e. The minimum absolute atomic E-state index is 0.193. The van der Waals surface area contributed by atoms with Crippen molar-refractivity contribution in [3.8, 4) is 5.75 Å². The van der Waals surface area contributed by atoms with Gasteiger partial charge in [-0.05, 0) is 25.5 Å². The molecule has 0 atom stereocenters. The molecule has 0 unspecified atom stereocenters. The van der Waals surface area contributed by atoms with E-state index >= 15 is 0 Å². The van der Waals surface area contributed by atoms with Crippen molar-refractivity contribution in [2.45, 2.75) is 20.4 Å². The number of aromatic nitrogens is 2. The molecule has 2 aromatic rings. The topological polar surface area (TPSA) is 65.4 Å². The molecule has 6 nitrogen and oxygen atoms in total. The number of nitrogens with one attached hydrogen (secondary N) is 1. The minimum atomic E-state index is -0.427. The van der Waals surface area contributed by atoms with E-state index in [0.717, 1.165) is 16.8 Å². The second kappa shape index (κ2) is 9.43. The van der Waals surface area contributed by atoms with Gasteiger partial charge in [-0.25, -0.2) is 0 Å².